The molecule has 138 valence electrons. The number of carbonyl (C=O) groups is 1. The molecule has 4 rings (SSSR count). The Hall–Kier alpha value is -2.71. The fourth-order valence-electron chi connectivity index (χ4n) is 2.87. The number of nitrogens with zero attached hydrogens (tertiary/aromatic N) is 3. The first kappa shape index (κ1) is 19.1. The smallest absolute Gasteiger partial charge is 0.335 e. The molecule has 4 aromatic rings. The van der Waals surface area contributed by atoms with E-state index >= 15 is 0 Å². The Morgan fingerprint density at radius 1 is 1.19 bits per heavy atom. The zero-order valence-corrected chi connectivity index (χ0v) is 17.2. The van der Waals surface area contributed by atoms with Crippen LogP contribution in [0.4, 0.5) is 10.8 Å². The minimum atomic E-state index is -0.954. The highest BCUT2D eigenvalue weighted by molar-refractivity contribution is 8.93. The SMILES string of the molecule is Br.Cc1ccn2c(-c3csc(Nc4cccc(C(=O)O)c4)n3)c(C)nc2c1. The summed E-state index contributed by atoms with van der Waals surface area (Å²) in [5.74, 6) is -0.954. The van der Waals surface area contributed by atoms with Crippen LogP contribution >= 0.6 is 28.3 Å². The Morgan fingerprint density at radius 3 is 2.78 bits per heavy atom. The van der Waals surface area contributed by atoms with Gasteiger partial charge in [-0.15, -0.1) is 28.3 Å². The lowest BCUT2D eigenvalue weighted by molar-refractivity contribution is 0.0697. The highest BCUT2D eigenvalue weighted by Gasteiger charge is 2.14. The summed E-state index contributed by atoms with van der Waals surface area (Å²) in [6, 6.07) is 10.8. The molecule has 0 fully saturated rings. The molecule has 0 atom stereocenters. The molecule has 0 aliphatic carbocycles. The monoisotopic (exact) mass is 444 g/mol. The maximum atomic E-state index is 11.1. The zero-order valence-electron chi connectivity index (χ0n) is 14.6. The Labute approximate surface area is 170 Å². The van der Waals surface area contributed by atoms with Gasteiger partial charge in [0, 0.05) is 17.3 Å². The molecule has 0 radical (unpaired) electrons. The molecule has 27 heavy (non-hydrogen) atoms. The van der Waals surface area contributed by atoms with Crippen LogP contribution in [0.15, 0.2) is 48.0 Å². The Kier molecular flexibility index (Phi) is 5.29. The summed E-state index contributed by atoms with van der Waals surface area (Å²) in [7, 11) is 0. The van der Waals surface area contributed by atoms with E-state index in [1.54, 1.807) is 18.2 Å². The van der Waals surface area contributed by atoms with Crippen LogP contribution in [-0.2, 0) is 0 Å². The minimum absolute atomic E-state index is 0. The molecule has 0 aliphatic heterocycles. The van der Waals surface area contributed by atoms with Crippen molar-refractivity contribution in [2.75, 3.05) is 5.32 Å². The van der Waals surface area contributed by atoms with Gasteiger partial charge >= 0.3 is 5.97 Å². The van der Waals surface area contributed by atoms with E-state index in [1.807, 2.05) is 48.0 Å². The van der Waals surface area contributed by atoms with E-state index in [9.17, 15) is 4.79 Å². The molecule has 3 heterocycles. The van der Waals surface area contributed by atoms with E-state index in [1.165, 1.54) is 11.3 Å². The van der Waals surface area contributed by atoms with Crippen molar-refractivity contribution in [3.8, 4) is 11.4 Å². The Morgan fingerprint density at radius 2 is 2.00 bits per heavy atom. The number of rotatable bonds is 4. The molecule has 0 bridgehead atoms. The number of carboxylic acid groups (broad SMARTS) is 1. The predicted octanol–water partition coefficient (Wildman–Crippen LogP) is 5.09. The van der Waals surface area contributed by atoms with Gasteiger partial charge in [-0.25, -0.2) is 14.8 Å². The molecule has 6 nitrogen and oxygen atoms in total. The number of imidazole rings is 1. The fraction of sp³-hybridized carbons (Fsp3) is 0.105. The number of anilines is 2. The molecular formula is C19H17BrN4O2S. The van der Waals surface area contributed by atoms with Crippen LogP contribution in [0.2, 0.25) is 0 Å². The molecular weight excluding hydrogens is 428 g/mol. The second-order valence-electron chi connectivity index (χ2n) is 6.03. The number of nitrogens with one attached hydrogen (secondary N) is 1. The van der Waals surface area contributed by atoms with Crippen molar-refractivity contribution in [3.05, 3.63) is 64.8 Å². The number of hydrogen-bond donors (Lipinski definition) is 2. The molecule has 3 aromatic heterocycles. The Balaban J connectivity index is 0.00000210. The zero-order chi connectivity index (χ0) is 18.3. The number of thiazole rings is 1. The number of aryl methyl sites for hydroxylation is 2. The number of aromatic nitrogens is 3. The van der Waals surface area contributed by atoms with Gasteiger partial charge in [0.25, 0.3) is 0 Å². The molecule has 0 amide bonds. The van der Waals surface area contributed by atoms with Gasteiger partial charge in [-0.3, -0.25) is 4.40 Å². The average Bonchev–Trinajstić information content (AvgIpc) is 3.17. The van der Waals surface area contributed by atoms with E-state index in [0.29, 0.717) is 10.8 Å². The van der Waals surface area contributed by atoms with Crippen molar-refractivity contribution in [2.24, 2.45) is 0 Å². The third kappa shape index (κ3) is 3.72. The number of halogens is 1. The van der Waals surface area contributed by atoms with Crippen molar-refractivity contribution in [3.63, 3.8) is 0 Å². The largest absolute Gasteiger partial charge is 0.478 e. The van der Waals surface area contributed by atoms with Gasteiger partial charge in [0.1, 0.15) is 11.3 Å². The lowest BCUT2D eigenvalue weighted by Crippen LogP contribution is -1.97. The second-order valence-corrected chi connectivity index (χ2v) is 6.89. The summed E-state index contributed by atoms with van der Waals surface area (Å²) in [5, 5.41) is 14.9. The quantitative estimate of drug-likeness (QED) is 0.457. The standard InChI is InChI=1S/C19H16N4O2S.BrH/c1-11-6-7-23-16(8-11)20-12(2)17(23)15-10-26-19(22-15)21-14-5-3-4-13(9-14)18(24)25;/h3-10H,1-2H3,(H,21,22)(H,24,25);1H. The van der Waals surface area contributed by atoms with Crippen molar-refractivity contribution in [1.29, 1.82) is 0 Å². The van der Waals surface area contributed by atoms with Gasteiger partial charge in [0.15, 0.2) is 5.13 Å². The molecule has 8 heteroatoms. The van der Waals surface area contributed by atoms with E-state index in [-0.39, 0.29) is 22.5 Å². The molecule has 0 saturated carbocycles. The molecule has 0 spiro atoms. The van der Waals surface area contributed by atoms with Crippen LogP contribution in [0.1, 0.15) is 21.6 Å². The van der Waals surface area contributed by atoms with E-state index in [4.69, 9.17) is 5.11 Å². The van der Waals surface area contributed by atoms with Gasteiger partial charge in [0.05, 0.1) is 17.0 Å². The Bertz CT molecular complexity index is 1140. The number of aromatic carboxylic acids is 1. The lowest BCUT2D eigenvalue weighted by atomic mass is 10.2. The van der Waals surface area contributed by atoms with Gasteiger partial charge < -0.3 is 10.4 Å². The molecule has 0 unspecified atom stereocenters. The van der Waals surface area contributed by atoms with Crippen LogP contribution in [0.5, 0.6) is 0 Å². The number of fused-ring (bicyclic) bond motifs is 1. The van der Waals surface area contributed by atoms with Crippen LogP contribution in [0, 0.1) is 13.8 Å². The average molecular weight is 445 g/mol. The van der Waals surface area contributed by atoms with Crippen LogP contribution < -0.4 is 5.32 Å². The summed E-state index contributed by atoms with van der Waals surface area (Å²) in [6.45, 7) is 4.01. The van der Waals surface area contributed by atoms with Gasteiger partial charge in [-0.05, 0) is 49.7 Å². The topological polar surface area (TPSA) is 79.5 Å². The minimum Gasteiger partial charge on any atom is -0.478 e. The third-order valence-corrected chi connectivity index (χ3v) is 4.82. The normalized spacial score (nSPS) is 10.6. The highest BCUT2D eigenvalue weighted by Crippen LogP contribution is 2.30. The maximum absolute atomic E-state index is 11.1. The first-order chi connectivity index (χ1) is 12.5. The summed E-state index contributed by atoms with van der Waals surface area (Å²) in [5.41, 5.74) is 5.70. The lowest BCUT2D eigenvalue weighted by Gasteiger charge is -2.03. The number of carboxylic acids is 1. The van der Waals surface area contributed by atoms with E-state index in [0.717, 1.165) is 28.3 Å². The summed E-state index contributed by atoms with van der Waals surface area (Å²) in [4.78, 5) is 20.4. The first-order valence-corrected chi connectivity index (χ1v) is 8.91. The van der Waals surface area contributed by atoms with Gasteiger partial charge in [-0.1, -0.05) is 6.07 Å². The fourth-order valence-corrected chi connectivity index (χ4v) is 3.58. The predicted molar refractivity (Wildman–Crippen MR) is 113 cm³/mol. The molecule has 2 N–H and O–H groups in total. The number of hydrogen-bond acceptors (Lipinski definition) is 5. The van der Waals surface area contributed by atoms with E-state index in [2.05, 4.69) is 15.3 Å². The first-order valence-electron chi connectivity index (χ1n) is 8.03. The maximum Gasteiger partial charge on any atom is 0.335 e. The molecule has 0 saturated heterocycles. The second kappa shape index (κ2) is 7.50. The number of pyridine rings is 1. The summed E-state index contributed by atoms with van der Waals surface area (Å²) >= 11 is 1.47. The van der Waals surface area contributed by atoms with Crippen molar-refractivity contribution in [2.45, 2.75) is 13.8 Å². The van der Waals surface area contributed by atoms with Crippen molar-refractivity contribution >= 4 is 50.8 Å². The van der Waals surface area contributed by atoms with Crippen LogP contribution in [-0.4, -0.2) is 25.4 Å². The van der Waals surface area contributed by atoms with E-state index < -0.39 is 5.97 Å². The third-order valence-electron chi connectivity index (χ3n) is 4.06. The summed E-state index contributed by atoms with van der Waals surface area (Å²) in [6.07, 6.45) is 2.00. The van der Waals surface area contributed by atoms with Crippen molar-refractivity contribution in [1.82, 2.24) is 14.4 Å². The molecule has 1 aromatic carbocycles. The van der Waals surface area contributed by atoms with Crippen LogP contribution in [0.3, 0.4) is 0 Å². The van der Waals surface area contributed by atoms with Gasteiger partial charge in [-0.2, -0.15) is 0 Å². The van der Waals surface area contributed by atoms with Gasteiger partial charge in [0.2, 0.25) is 0 Å². The highest BCUT2D eigenvalue weighted by atomic mass is 79.9. The molecule has 0 aliphatic rings. The summed E-state index contributed by atoms with van der Waals surface area (Å²) < 4.78 is 2.03. The van der Waals surface area contributed by atoms with Crippen molar-refractivity contribution < 1.29 is 9.90 Å². The van der Waals surface area contributed by atoms with Crippen LogP contribution in [0.25, 0.3) is 17.0 Å². The number of benzene rings is 1.